The van der Waals surface area contributed by atoms with E-state index in [0.29, 0.717) is 31.0 Å². The van der Waals surface area contributed by atoms with Gasteiger partial charge < -0.3 is 15.0 Å². The van der Waals surface area contributed by atoms with E-state index in [1.54, 1.807) is 0 Å². The molecule has 3 aromatic rings. The second-order valence-electron chi connectivity index (χ2n) is 8.30. The second kappa shape index (κ2) is 8.94. The lowest BCUT2D eigenvalue weighted by Crippen LogP contribution is -2.35. The summed E-state index contributed by atoms with van der Waals surface area (Å²) in [6, 6.07) is 9.74. The van der Waals surface area contributed by atoms with E-state index in [0.717, 1.165) is 48.0 Å². The van der Waals surface area contributed by atoms with Gasteiger partial charge in [0.15, 0.2) is 5.65 Å². The highest BCUT2D eigenvalue weighted by molar-refractivity contribution is 9.10. The monoisotopic (exact) mass is 471 g/mol. The number of aromatic nitrogens is 3. The lowest BCUT2D eigenvalue weighted by atomic mass is 9.96. The Bertz CT molecular complexity index is 1050. The SMILES string of the molecule is CCCCOc1nc(N)c2cc(Br)n(Cc3ccc4c(c3)CN(C(C)C)CC4)c2n1. The minimum Gasteiger partial charge on any atom is -0.463 e. The van der Waals surface area contributed by atoms with Crippen LogP contribution in [0.1, 0.15) is 50.3 Å². The van der Waals surface area contributed by atoms with Crippen molar-refractivity contribution in [3.63, 3.8) is 0 Å². The summed E-state index contributed by atoms with van der Waals surface area (Å²) < 4.78 is 8.79. The van der Waals surface area contributed by atoms with Gasteiger partial charge >= 0.3 is 6.01 Å². The van der Waals surface area contributed by atoms with Crippen LogP contribution in [0.3, 0.4) is 0 Å². The Hall–Kier alpha value is -2.12. The van der Waals surface area contributed by atoms with Crippen LogP contribution in [-0.4, -0.2) is 38.6 Å². The zero-order valence-corrected chi connectivity index (χ0v) is 19.6. The quantitative estimate of drug-likeness (QED) is 0.502. The molecule has 0 aliphatic carbocycles. The van der Waals surface area contributed by atoms with Crippen molar-refractivity contribution in [3.8, 4) is 6.01 Å². The molecule has 0 saturated carbocycles. The third-order valence-corrected chi connectivity index (χ3v) is 6.48. The van der Waals surface area contributed by atoms with Crippen molar-refractivity contribution >= 4 is 32.8 Å². The molecule has 0 saturated heterocycles. The molecule has 2 N–H and O–H groups in total. The zero-order valence-electron chi connectivity index (χ0n) is 18.0. The van der Waals surface area contributed by atoms with Gasteiger partial charge in [0.25, 0.3) is 0 Å². The van der Waals surface area contributed by atoms with E-state index in [1.165, 1.54) is 16.7 Å². The molecule has 0 fully saturated rings. The first-order chi connectivity index (χ1) is 14.5. The summed E-state index contributed by atoms with van der Waals surface area (Å²) in [5, 5.41) is 0.841. The van der Waals surface area contributed by atoms with E-state index < -0.39 is 0 Å². The largest absolute Gasteiger partial charge is 0.463 e. The lowest BCUT2D eigenvalue weighted by Gasteiger charge is -2.32. The highest BCUT2D eigenvalue weighted by atomic mass is 79.9. The molecule has 2 aromatic heterocycles. The van der Waals surface area contributed by atoms with Crippen molar-refractivity contribution in [2.75, 3.05) is 18.9 Å². The minimum atomic E-state index is 0.346. The zero-order chi connectivity index (χ0) is 21.3. The molecule has 6 nitrogen and oxygen atoms in total. The summed E-state index contributed by atoms with van der Waals surface area (Å²) in [7, 11) is 0. The first kappa shape index (κ1) is 21.1. The predicted molar refractivity (Wildman–Crippen MR) is 125 cm³/mol. The maximum absolute atomic E-state index is 6.20. The van der Waals surface area contributed by atoms with Crippen LogP contribution in [0.15, 0.2) is 28.9 Å². The Kier molecular flexibility index (Phi) is 6.29. The number of hydrogen-bond donors (Lipinski definition) is 1. The van der Waals surface area contributed by atoms with Gasteiger partial charge in [-0.05, 0) is 65.4 Å². The highest BCUT2D eigenvalue weighted by Gasteiger charge is 2.19. The maximum atomic E-state index is 6.20. The summed E-state index contributed by atoms with van der Waals surface area (Å²) in [6.45, 7) is 10.1. The lowest BCUT2D eigenvalue weighted by molar-refractivity contribution is 0.203. The summed E-state index contributed by atoms with van der Waals surface area (Å²) in [6.07, 6.45) is 3.15. The van der Waals surface area contributed by atoms with E-state index in [9.17, 15) is 0 Å². The molecule has 0 spiro atoms. The number of rotatable bonds is 7. The Labute approximate surface area is 186 Å². The number of nitrogens with two attached hydrogens (primary N) is 1. The molecule has 0 bridgehead atoms. The standard InChI is InChI=1S/C23H30BrN5O/c1-4-5-10-30-23-26-21(25)19-12-20(24)29(22(19)27-23)13-16-6-7-17-8-9-28(15(2)3)14-18(17)11-16/h6-7,11-12,15H,4-5,8-10,13-14H2,1-3H3,(H2,25,26,27). The smallest absolute Gasteiger partial charge is 0.320 e. The van der Waals surface area contributed by atoms with Gasteiger partial charge in [-0.1, -0.05) is 31.5 Å². The van der Waals surface area contributed by atoms with Crippen LogP contribution in [0.2, 0.25) is 0 Å². The number of ether oxygens (including phenoxy) is 1. The number of fused-ring (bicyclic) bond motifs is 2. The molecule has 1 aromatic carbocycles. The minimum absolute atomic E-state index is 0.346. The van der Waals surface area contributed by atoms with Crippen molar-refractivity contribution in [1.82, 2.24) is 19.4 Å². The van der Waals surface area contributed by atoms with Gasteiger partial charge in [-0.2, -0.15) is 9.97 Å². The number of hydrogen-bond acceptors (Lipinski definition) is 5. The molecule has 7 heteroatoms. The molecule has 30 heavy (non-hydrogen) atoms. The van der Waals surface area contributed by atoms with E-state index in [2.05, 4.69) is 74.3 Å². The molecular weight excluding hydrogens is 442 g/mol. The fourth-order valence-electron chi connectivity index (χ4n) is 3.97. The summed E-state index contributed by atoms with van der Waals surface area (Å²) in [5.74, 6) is 0.448. The van der Waals surface area contributed by atoms with Crippen molar-refractivity contribution in [1.29, 1.82) is 0 Å². The fourth-order valence-corrected chi connectivity index (χ4v) is 4.50. The van der Waals surface area contributed by atoms with Gasteiger partial charge in [-0.3, -0.25) is 4.90 Å². The van der Waals surface area contributed by atoms with E-state index in [4.69, 9.17) is 10.5 Å². The molecule has 1 aliphatic rings. The number of halogens is 1. The van der Waals surface area contributed by atoms with Crippen molar-refractivity contribution in [3.05, 3.63) is 45.6 Å². The van der Waals surface area contributed by atoms with Crippen LogP contribution in [-0.2, 0) is 19.5 Å². The van der Waals surface area contributed by atoms with Crippen LogP contribution >= 0.6 is 15.9 Å². The van der Waals surface area contributed by atoms with Gasteiger partial charge in [-0.25, -0.2) is 0 Å². The average molecular weight is 472 g/mol. The first-order valence-corrected chi connectivity index (χ1v) is 11.5. The summed E-state index contributed by atoms with van der Waals surface area (Å²) >= 11 is 3.68. The second-order valence-corrected chi connectivity index (χ2v) is 9.11. The van der Waals surface area contributed by atoms with Crippen LogP contribution in [0.4, 0.5) is 5.82 Å². The molecular formula is C23H30BrN5O. The Morgan fingerprint density at radius 2 is 2.03 bits per heavy atom. The van der Waals surface area contributed by atoms with E-state index in [-0.39, 0.29) is 0 Å². The van der Waals surface area contributed by atoms with Gasteiger partial charge in [-0.15, -0.1) is 0 Å². The molecule has 1 aliphatic heterocycles. The van der Waals surface area contributed by atoms with Crippen molar-refractivity contribution < 1.29 is 4.74 Å². The van der Waals surface area contributed by atoms with Crippen LogP contribution < -0.4 is 10.5 Å². The van der Waals surface area contributed by atoms with Crippen LogP contribution in [0.5, 0.6) is 6.01 Å². The molecule has 0 amide bonds. The Morgan fingerprint density at radius 3 is 2.80 bits per heavy atom. The van der Waals surface area contributed by atoms with Gasteiger partial charge in [0.1, 0.15) is 5.82 Å². The summed E-state index contributed by atoms with van der Waals surface area (Å²) in [4.78, 5) is 11.5. The first-order valence-electron chi connectivity index (χ1n) is 10.8. The van der Waals surface area contributed by atoms with Crippen molar-refractivity contribution in [2.24, 2.45) is 0 Å². The van der Waals surface area contributed by atoms with Gasteiger partial charge in [0.05, 0.1) is 23.1 Å². The van der Waals surface area contributed by atoms with E-state index in [1.807, 2.05) is 6.07 Å². The number of benzene rings is 1. The average Bonchev–Trinajstić information content (AvgIpc) is 3.04. The maximum Gasteiger partial charge on any atom is 0.320 e. The van der Waals surface area contributed by atoms with Gasteiger partial charge in [0, 0.05) is 19.1 Å². The predicted octanol–water partition coefficient (Wildman–Crippen LogP) is 4.77. The third kappa shape index (κ3) is 4.32. The normalized spacial score (nSPS) is 14.4. The number of nitrogen functional groups attached to an aromatic ring is 1. The number of anilines is 1. The van der Waals surface area contributed by atoms with Crippen LogP contribution in [0.25, 0.3) is 11.0 Å². The molecule has 4 rings (SSSR count). The molecule has 0 unspecified atom stereocenters. The highest BCUT2D eigenvalue weighted by Crippen LogP contribution is 2.29. The third-order valence-electron chi connectivity index (χ3n) is 5.82. The van der Waals surface area contributed by atoms with Crippen LogP contribution in [0, 0.1) is 0 Å². The number of nitrogens with zero attached hydrogens (tertiary/aromatic N) is 4. The van der Waals surface area contributed by atoms with Crippen molar-refractivity contribution in [2.45, 2.75) is 59.2 Å². The Morgan fingerprint density at radius 1 is 1.20 bits per heavy atom. The fraction of sp³-hybridized carbons (Fsp3) is 0.478. The van der Waals surface area contributed by atoms with Gasteiger partial charge in [0.2, 0.25) is 0 Å². The van der Waals surface area contributed by atoms with E-state index >= 15 is 0 Å². The molecule has 0 atom stereocenters. The molecule has 160 valence electrons. The Balaban J connectivity index is 1.64. The topological polar surface area (TPSA) is 69.2 Å². The number of unbranched alkanes of at least 4 members (excludes halogenated alkanes) is 1. The molecule has 3 heterocycles. The molecule has 0 radical (unpaired) electrons. The summed E-state index contributed by atoms with van der Waals surface area (Å²) in [5.41, 5.74) is 11.1.